The van der Waals surface area contributed by atoms with Gasteiger partial charge in [0.15, 0.2) is 0 Å². The average molecular weight is 343 g/mol. The molecular formula is C23H34O2. The van der Waals surface area contributed by atoms with Gasteiger partial charge in [-0.1, -0.05) is 62.3 Å². The topological polar surface area (TPSA) is 37.3 Å². The molecule has 1 N–H and O–H groups in total. The molecule has 2 heteroatoms. The summed E-state index contributed by atoms with van der Waals surface area (Å²) >= 11 is 0. The molecule has 0 aromatic rings. The molecule has 0 radical (unpaired) electrons. The van der Waals surface area contributed by atoms with Gasteiger partial charge in [-0.2, -0.15) is 0 Å². The first-order chi connectivity index (χ1) is 11.7. The molecule has 1 rings (SSSR count). The smallest absolute Gasteiger partial charge is 0.331 e. The van der Waals surface area contributed by atoms with Gasteiger partial charge in [0, 0.05) is 5.57 Å². The van der Waals surface area contributed by atoms with Crippen LogP contribution >= 0.6 is 0 Å². The fraction of sp³-hybridized carbons (Fsp3) is 0.522. The molecule has 0 saturated carbocycles. The number of hydrogen-bond acceptors (Lipinski definition) is 1. The fourth-order valence-corrected chi connectivity index (χ4v) is 3.35. The molecule has 0 amide bonds. The molecule has 1 aliphatic carbocycles. The standard InChI is InChI=1S/C23H34O2/c1-7-20-13-10-16-23(6,8-2)21(20)15-14-17(3)11-9-12-18(4)19(5)22(24)25/h9,11-12,14-15H,7-8,10,13,16H2,1-6H3,(H,24,25)/b12-9+,15-14+,17-11+,19-18+. The molecule has 0 heterocycles. The first-order valence-corrected chi connectivity index (χ1v) is 9.41. The molecule has 25 heavy (non-hydrogen) atoms. The Kier molecular flexibility index (Phi) is 8.15. The first-order valence-electron chi connectivity index (χ1n) is 9.41. The largest absolute Gasteiger partial charge is 0.478 e. The molecule has 0 aromatic carbocycles. The first kappa shape index (κ1) is 21.2. The van der Waals surface area contributed by atoms with Crippen molar-refractivity contribution in [1.82, 2.24) is 0 Å². The van der Waals surface area contributed by atoms with Crippen LogP contribution < -0.4 is 0 Å². The van der Waals surface area contributed by atoms with Crippen molar-refractivity contribution >= 4 is 5.97 Å². The lowest BCUT2D eigenvalue weighted by molar-refractivity contribution is -0.132. The van der Waals surface area contributed by atoms with Crippen LogP contribution in [0.2, 0.25) is 0 Å². The van der Waals surface area contributed by atoms with Crippen LogP contribution in [0.4, 0.5) is 0 Å². The number of rotatable bonds is 7. The molecule has 1 unspecified atom stereocenters. The molecule has 1 atom stereocenters. The fourth-order valence-electron chi connectivity index (χ4n) is 3.35. The molecule has 0 saturated heterocycles. The number of aliphatic carboxylic acids is 1. The van der Waals surface area contributed by atoms with Crippen molar-refractivity contribution in [2.75, 3.05) is 0 Å². The lowest BCUT2D eigenvalue weighted by atomic mass is 9.69. The van der Waals surface area contributed by atoms with Gasteiger partial charge in [-0.05, 0) is 69.4 Å². The van der Waals surface area contributed by atoms with E-state index in [0.717, 1.165) is 12.0 Å². The van der Waals surface area contributed by atoms with E-state index in [1.54, 1.807) is 12.5 Å². The minimum absolute atomic E-state index is 0.300. The minimum atomic E-state index is -0.863. The van der Waals surface area contributed by atoms with Crippen LogP contribution in [0.25, 0.3) is 0 Å². The Labute approximate surface area is 153 Å². The van der Waals surface area contributed by atoms with E-state index < -0.39 is 5.97 Å². The van der Waals surface area contributed by atoms with Gasteiger partial charge in [0.2, 0.25) is 0 Å². The third-order valence-corrected chi connectivity index (χ3v) is 5.58. The second-order valence-corrected chi connectivity index (χ2v) is 7.35. The van der Waals surface area contributed by atoms with Crippen molar-refractivity contribution < 1.29 is 9.90 Å². The predicted molar refractivity (Wildman–Crippen MR) is 108 cm³/mol. The number of hydrogen-bond donors (Lipinski definition) is 1. The Morgan fingerprint density at radius 2 is 1.88 bits per heavy atom. The normalized spacial score (nSPS) is 23.5. The van der Waals surface area contributed by atoms with Crippen LogP contribution in [0.3, 0.4) is 0 Å². The maximum atomic E-state index is 10.9. The number of allylic oxidation sites excluding steroid dienone is 9. The van der Waals surface area contributed by atoms with Crippen molar-refractivity contribution in [2.45, 2.75) is 73.6 Å². The van der Waals surface area contributed by atoms with Crippen LogP contribution in [0, 0.1) is 5.41 Å². The van der Waals surface area contributed by atoms with Crippen molar-refractivity contribution in [2.24, 2.45) is 5.41 Å². The van der Waals surface area contributed by atoms with Gasteiger partial charge >= 0.3 is 5.97 Å². The predicted octanol–water partition coefficient (Wildman–Crippen LogP) is 6.77. The molecular weight excluding hydrogens is 308 g/mol. The second kappa shape index (κ2) is 9.60. The SMILES string of the molecule is CCC1=C(/C=C/C(C)=C/C=C/C(C)=C(\C)C(=O)O)C(C)(CC)CCC1. The number of carboxylic acids is 1. The van der Waals surface area contributed by atoms with E-state index in [1.165, 1.54) is 36.8 Å². The Morgan fingerprint density at radius 3 is 2.44 bits per heavy atom. The van der Waals surface area contributed by atoms with E-state index in [4.69, 9.17) is 5.11 Å². The van der Waals surface area contributed by atoms with E-state index in [1.807, 2.05) is 25.2 Å². The summed E-state index contributed by atoms with van der Waals surface area (Å²) in [4.78, 5) is 10.9. The Bertz CT molecular complexity index is 641. The van der Waals surface area contributed by atoms with Crippen molar-refractivity contribution in [3.05, 3.63) is 58.2 Å². The van der Waals surface area contributed by atoms with Crippen LogP contribution in [0.1, 0.15) is 73.6 Å². The molecule has 0 aromatic heterocycles. The summed E-state index contributed by atoms with van der Waals surface area (Å²) in [6.07, 6.45) is 16.4. The molecule has 0 spiro atoms. The zero-order valence-corrected chi connectivity index (χ0v) is 16.8. The van der Waals surface area contributed by atoms with Crippen LogP contribution in [0.15, 0.2) is 58.2 Å². The van der Waals surface area contributed by atoms with Gasteiger partial charge in [-0.25, -0.2) is 4.79 Å². The third-order valence-electron chi connectivity index (χ3n) is 5.58. The maximum Gasteiger partial charge on any atom is 0.331 e. The minimum Gasteiger partial charge on any atom is -0.478 e. The average Bonchev–Trinajstić information content (AvgIpc) is 2.59. The molecule has 138 valence electrons. The van der Waals surface area contributed by atoms with Crippen LogP contribution in [-0.2, 0) is 4.79 Å². The van der Waals surface area contributed by atoms with Gasteiger partial charge in [0.25, 0.3) is 0 Å². The van der Waals surface area contributed by atoms with Gasteiger partial charge in [-0.3, -0.25) is 0 Å². The summed E-state index contributed by atoms with van der Waals surface area (Å²) in [6, 6.07) is 0. The summed E-state index contributed by atoms with van der Waals surface area (Å²) in [6.45, 7) is 12.5. The molecule has 1 aliphatic rings. The van der Waals surface area contributed by atoms with Crippen molar-refractivity contribution in [1.29, 1.82) is 0 Å². The highest BCUT2D eigenvalue weighted by atomic mass is 16.4. The van der Waals surface area contributed by atoms with E-state index in [2.05, 4.69) is 39.8 Å². The zero-order valence-electron chi connectivity index (χ0n) is 16.8. The van der Waals surface area contributed by atoms with E-state index in [9.17, 15) is 4.79 Å². The lowest BCUT2D eigenvalue weighted by Crippen LogP contribution is -2.22. The van der Waals surface area contributed by atoms with Crippen molar-refractivity contribution in [3.8, 4) is 0 Å². The molecule has 0 aliphatic heterocycles. The summed E-state index contributed by atoms with van der Waals surface area (Å²) < 4.78 is 0. The summed E-state index contributed by atoms with van der Waals surface area (Å²) in [5.41, 5.74) is 5.76. The highest BCUT2D eigenvalue weighted by Gasteiger charge is 2.30. The van der Waals surface area contributed by atoms with Gasteiger partial charge in [0.1, 0.15) is 0 Å². The summed E-state index contributed by atoms with van der Waals surface area (Å²) in [5, 5.41) is 8.99. The van der Waals surface area contributed by atoms with E-state index >= 15 is 0 Å². The van der Waals surface area contributed by atoms with Gasteiger partial charge < -0.3 is 5.11 Å². The third kappa shape index (κ3) is 5.88. The number of carboxylic acid groups (broad SMARTS) is 1. The number of carbonyl (C=O) groups is 1. The molecule has 0 fully saturated rings. The second-order valence-electron chi connectivity index (χ2n) is 7.35. The highest BCUT2D eigenvalue weighted by molar-refractivity contribution is 5.87. The van der Waals surface area contributed by atoms with Crippen LogP contribution in [-0.4, -0.2) is 11.1 Å². The Balaban J connectivity index is 2.97. The quantitative estimate of drug-likeness (QED) is 0.409. The van der Waals surface area contributed by atoms with Gasteiger partial charge in [0.05, 0.1) is 0 Å². The maximum absolute atomic E-state index is 10.9. The molecule has 2 nitrogen and oxygen atoms in total. The Hall–Kier alpha value is -1.83. The van der Waals surface area contributed by atoms with Crippen molar-refractivity contribution in [3.63, 3.8) is 0 Å². The summed E-state index contributed by atoms with van der Waals surface area (Å²) in [7, 11) is 0. The molecule has 0 bridgehead atoms. The van der Waals surface area contributed by atoms with Gasteiger partial charge in [-0.15, -0.1) is 0 Å². The van der Waals surface area contributed by atoms with Crippen LogP contribution in [0.5, 0.6) is 0 Å². The Morgan fingerprint density at radius 1 is 1.20 bits per heavy atom. The summed E-state index contributed by atoms with van der Waals surface area (Å²) in [5.74, 6) is -0.863. The van der Waals surface area contributed by atoms with E-state index in [-0.39, 0.29) is 0 Å². The monoisotopic (exact) mass is 342 g/mol. The highest BCUT2D eigenvalue weighted by Crippen LogP contribution is 2.44. The van der Waals surface area contributed by atoms with E-state index in [0.29, 0.717) is 11.0 Å². The lowest BCUT2D eigenvalue weighted by Gasteiger charge is -2.36. The zero-order chi connectivity index (χ0) is 19.0.